The Bertz CT molecular complexity index is 453. The number of carbonyl (C=O) groups is 1. The van der Waals surface area contributed by atoms with Crippen LogP contribution < -0.4 is 5.32 Å². The predicted molar refractivity (Wildman–Crippen MR) is 85.8 cm³/mol. The number of aryl methyl sites for hydroxylation is 1. The molecule has 0 aromatic heterocycles. The van der Waals surface area contributed by atoms with Crippen molar-refractivity contribution in [2.45, 2.75) is 32.4 Å². The van der Waals surface area contributed by atoms with E-state index < -0.39 is 0 Å². The van der Waals surface area contributed by atoms with Crippen molar-refractivity contribution in [2.75, 3.05) is 33.4 Å². The molecule has 2 rings (SSSR count). The predicted octanol–water partition coefficient (Wildman–Crippen LogP) is 2.33. The quantitative estimate of drug-likeness (QED) is 0.821. The summed E-state index contributed by atoms with van der Waals surface area (Å²) in [5.74, 6) is 0. The van der Waals surface area contributed by atoms with Crippen molar-refractivity contribution >= 4 is 6.03 Å². The first-order valence-corrected chi connectivity index (χ1v) is 7.88. The Morgan fingerprint density at radius 1 is 1.23 bits per heavy atom. The molecule has 1 aromatic rings. The molecule has 1 aromatic carbocycles. The molecule has 0 unspecified atom stereocenters. The summed E-state index contributed by atoms with van der Waals surface area (Å²) in [6.07, 6.45) is 2.03. The van der Waals surface area contributed by atoms with Gasteiger partial charge in [-0.25, -0.2) is 4.79 Å². The lowest BCUT2D eigenvalue weighted by Gasteiger charge is -2.32. The Morgan fingerprint density at radius 2 is 1.91 bits per heavy atom. The fourth-order valence-electron chi connectivity index (χ4n) is 2.52. The zero-order valence-corrected chi connectivity index (χ0v) is 13.5. The van der Waals surface area contributed by atoms with Crippen LogP contribution in [0.5, 0.6) is 0 Å². The summed E-state index contributed by atoms with van der Waals surface area (Å²) >= 11 is 0. The van der Waals surface area contributed by atoms with E-state index in [0.717, 1.165) is 31.5 Å². The van der Waals surface area contributed by atoms with E-state index in [2.05, 4.69) is 24.4 Å². The number of urea groups is 1. The molecule has 1 saturated heterocycles. The molecule has 0 saturated carbocycles. The normalized spacial score (nSPS) is 15.8. The van der Waals surface area contributed by atoms with E-state index >= 15 is 0 Å². The fourth-order valence-corrected chi connectivity index (χ4v) is 2.52. The van der Waals surface area contributed by atoms with Gasteiger partial charge < -0.3 is 19.7 Å². The highest BCUT2D eigenvalue weighted by Gasteiger charge is 2.22. The molecule has 0 atom stereocenters. The number of amides is 2. The number of nitrogens with one attached hydrogen (secondary N) is 1. The standard InChI is InChI=1S/C17H26N2O3/c1-14-3-5-15(6-4-14)13-18-17(20)19-9-7-16(8-10-19)22-12-11-21-2/h3-6,16H,7-13H2,1-2H3,(H,18,20). The summed E-state index contributed by atoms with van der Waals surface area (Å²) in [5.41, 5.74) is 2.35. The number of benzene rings is 1. The molecule has 1 heterocycles. The van der Waals surface area contributed by atoms with Crippen LogP contribution in [0.1, 0.15) is 24.0 Å². The Kier molecular flexibility index (Phi) is 6.68. The minimum Gasteiger partial charge on any atom is -0.382 e. The van der Waals surface area contributed by atoms with Gasteiger partial charge in [0.1, 0.15) is 0 Å². The number of hydrogen-bond acceptors (Lipinski definition) is 3. The molecule has 1 aliphatic heterocycles. The van der Waals surface area contributed by atoms with Crippen molar-refractivity contribution in [1.29, 1.82) is 0 Å². The Balaban J connectivity index is 1.67. The third-order valence-electron chi connectivity index (χ3n) is 3.93. The molecule has 2 amide bonds. The van der Waals surface area contributed by atoms with E-state index in [9.17, 15) is 4.79 Å². The van der Waals surface area contributed by atoms with Crippen LogP contribution in [0.25, 0.3) is 0 Å². The molecule has 0 spiro atoms. The number of piperidine rings is 1. The third-order valence-corrected chi connectivity index (χ3v) is 3.93. The first-order valence-electron chi connectivity index (χ1n) is 7.88. The summed E-state index contributed by atoms with van der Waals surface area (Å²) in [6, 6.07) is 8.22. The molecular formula is C17H26N2O3. The van der Waals surface area contributed by atoms with Gasteiger partial charge in [-0.1, -0.05) is 29.8 Å². The molecular weight excluding hydrogens is 280 g/mol. The highest BCUT2D eigenvalue weighted by atomic mass is 16.5. The average molecular weight is 306 g/mol. The molecule has 5 nitrogen and oxygen atoms in total. The second kappa shape index (κ2) is 8.76. The van der Waals surface area contributed by atoms with Crippen molar-refractivity contribution in [3.8, 4) is 0 Å². The number of hydrogen-bond donors (Lipinski definition) is 1. The zero-order valence-electron chi connectivity index (χ0n) is 13.5. The summed E-state index contributed by atoms with van der Waals surface area (Å²) in [5, 5.41) is 2.98. The maximum absolute atomic E-state index is 12.2. The maximum Gasteiger partial charge on any atom is 0.317 e. The van der Waals surface area contributed by atoms with Gasteiger partial charge in [-0.15, -0.1) is 0 Å². The zero-order chi connectivity index (χ0) is 15.8. The monoisotopic (exact) mass is 306 g/mol. The number of likely N-dealkylation sites (tertiary alicyclic amines) is 1. The minimum atomic E-state index is 0.0101. The van der Waals surface area contributed by atoms with Gasteiger partial charge in [0.05, 0.1) is 19.3 Å². The molecule has 5 heteroatoms. The number of carbonyl (C=O) groups excluding carboxylic acids is 1. The number of methoxy groups -OCH3 is 1. The number of ether oxygens (including phenoxy) is 2. The van der Waals surface area contributed by atoms with Crippen molar-refractivity contribution in [2.24, 2.45) is 0 Å². The maximum atomic E-state index is 12.2. The third kappa shape index (κ3) is 5.31. The van der Waals surface area contributed by atoms with Gasteiger partial charge in [0, 0.05) is 26.7 Å². The Hall–Kier alpha value is -1.59. The van der Waals surface area contributed by atoms with Gasteiger partial charge >= 0.3 is 6.03 Å². The van der Waals surface area contributed by atoms with Gasteiger partial charge in [0.25, 0.3) is 0 Å². The van der Waals surface area contributed by atoms with Crippen LogP contribution in [0.2, 0.25) is 0 Å². The van der Waals surface area contributed by atoms with Crippen molar-refractivity contribution < 1.29 is 14.3 Å². The van der Waals surface area contributed by atoms with Crippen molar-refractivity contribution in [1.82, 2.24) is 10.2 Å². The van der Waals surface area contributed by atoms with E-state index in [4.69, 9.17) is 9.47 Å². The van der Waals surface area contributed by atoms with Gasteiger partial charge in [0.2, 0.25) is 0 Å². The largest absolute Gasteiger partial charge is 0.382 e. The first kappa shape index (κ1) is 16.8. The summed E-state index contributed by atoms with van der Waals surface area (Å²) in [4.78, 5) is 14.0. The van der Waals surface area contributed by atoms with Gasteiger partial charge in [0.15, 0.2) is 0 Å². The van der Waals surface area contributed by atoms with Crippen LogP contribution in [0, 0.1) is 6.92 Å². The van der Waals surface area contributed by atoms with Gasteiger partial charge in [-0.3, -0.25) is 0 Å². The lowest BCUT2D eigenvalue weighted by molar-refractivity contribution is -0.00920. The molecule has 22 heavy (non-hydrogen) atoms. The van der Waals surface area contributed by atoms with Crippen LogP contribution in [0.4, 0.5) is 4.79 Å². The molecule has 0 radical (unpaired) electrons. The highest BCUT2D eigenvalue weighted by molar-refractivity contribution is 5.74. The molecule has 1 N–H and O–H groups in total. The molecule has 1 aliphatic rings. The molecule has 1 fully saturated rings. The molecule has 122 valence electrons. The SMILES string of the molecule is COCCOC1CCN(C(=O)NCc2ccc(C)cc2)CC1. The summed E-state index contributed by atoms with van der Waals surface area (Å²) < 4.78 is 10.7. The lowest BCUT2D eigenvalue weighted by Crippen LogP contribution is -2.45. The molecule has 0 bridgehead atoms. The van der Waals surface area contributed by atoms with Crippen LogP contribution >= 0.6 is 0 Å². The second-order valence-electron chi connectivity index (χ2n) is 5.69. The van der Waals surface area contributed by atoms with E-state index in [-0.39, 0.29) is 12.1 Å². The number of rotatable bonds is 6. The Labute approximate surface area is 132 Å². The van der Waals surface area contributed by atoms with Crippen LogP contribution in [0.3, 0.4) is 0 Å². The number of nitrogens with zero attached hydrogens (tertiary/aromatic N) is 1. The Morgan fingerprint density at radius 3 is 2.55 bits per heavy atom. The minimum absolute atomic E-state index is 0.0101. The summed E-state index contributed by atoms with van der Waals surface area (Å²) in [6.45, 7) is 5.37. The van der Waals surface area contributed by atoms with Gasteiger partial charge in [-0.2, -0.15) is 0 Å². The van der Waals surface area contributed by atoms with Gasteiger partial charge in [-0.05, 0) is 25.3 Å². The fraction of sp³-hybridized carbons (Fsp3) is 0.588. The van der Waals surface area contributed by atoms with E-state index in [1.807, 2.05) is 17.0 Å². The lowest BCUT2D eigenvalue weighted by atomic mass is 10.1. The topological polar surface area (TPSA) is 50.8 Å². The van der Waals surface area contributed by atoms with Crippen molar-refractivity contribution in [3.05, 3.63) is 35.4 Å². The van der Waals surface area contributed by atoms with Crippen molar-refractivity contribution in [3.63, 3.8) is 0 Å². The van der Waals surface area contributed by atoms with E-state index in [0.29, 0.717) is 19.8 Å². The summed E-state index contributed by atoms with van der Waals surface area (Å²) in [7, 11) is 1.67. The van der Waals surface area contributed by atoms with Crippen LogP contribution in [-0.4, -0.2) is 50.4 Å². The average Bonchev–Trinajstić information content (AvgIpc) is 2.55. The van der Waals surface area contributed by atoms with E-state index in [1.165, 1.54) is 5.56 Å². The second-order valence-corrected chi connectivity index (χ2v) is 5.69. The highest BCUT2D eigenvalue weighted by Crippen LogP contribution is 2.14. The molecule has 0 aliphatic carbocycles. The first-order chi connectivity index (χ1) is 10.7. The van der Waals surface area contributed by atoms with Crippen LogP contribution in [-0.2, 0) is 16.0 Å². The van der Waals surface area contributed by atoms with E-state index in [1.54, 1.807) is 7.11 Å². The smallest absolute Gasteiger partial charge is 0.317 e. The van der Waals surface area contributed by atoms with Crippen LogP contribution in [0.15, 0.2) is 24.3 Å².